The SMILES string of the molecule is [CH2]CCCOCC(CC)C(Cl)(Cl)Cl. The molecule has 4 heteroatoms. The zero-order chi connectivity index (χ0) is 10.3. The molecular weight excluding hydrogens is 230 g/mol. The first-order chi connectivity index (χ1) is 6.02. The van der Waals surface area contributed by atoms with E-state index in [0.29, 0.717) is 13.2 Å². The second-order valence-electron chi connectivity index (χ2n) is 2.93. The molecule has 0 aliphatic heterocycles. The van der Waals surface area contributed by atoms with Crippen LogP contribution in [0, 0.1) is 12.8 Å². The van der Waals surface area contributed by atoms with Crippen LogP contribution in [-0.4, -0.2) is 17.0 Å². The standard InChI is InChI=1S/C9H16Cl3O/c1-3-5-6-13-7-8(4-2)9(10,11)12/h8H,1,3-7H2,2H3. The normalized spacial score (nSPS) is 14.5. The molecule has 0 aromatic carbocycles. The maximum absolute atomic E-state index is 5.75. The maximum Gasteiger partial charge on any atom is 0.195 e. The van der Waals surface area contributed by atoms with Crippen LogP contribution in [0.15, 0.2) is 0 Å². The molecule has 0 N–H and O–H groups in total. The van der Waals surface area contributed by atoms with Crippen molar-refractivity contribution in [3.8, 4) is 0 Å². The molecule has 1 radical (unpaired) electrons. The van der Waals surface area contributed by atoms with Crippen molar-refractivity contribution >= 4 is 34.8 Å². The molecule has 79 valence electrons. The Morgan fingerprint density at radius 3 is 2.38 bits per heavy atom. The van der Waals surface area contributed by atoms with Gasteiger partial charge in [-0.15, -0.1) is 0 Å². The fourth-order valence-corrected chi connectivity index (χ4v) is 1.53. The van der Waals surface area contributed by atoms with Crippen molar-refractivity contribution in [2.75, 3.05) is 13.2 Å². The molecule has 0 saturated heterocycles. The van der Waals surface area contributed by atoms with Crippen molar-refractivity contribution in [1.29, 1.82) is 0 Å². The van der Waals surface area contributed by atoms with E-state index in [9.17, 15) is 0 Å². The number of alkyl halides is 3. The average molecular weight is 247 g/mol. The summed E-state index contributed by atoms with van der Waals surface area (Å²) in [5.74, 6) is -0.0256. The third-order valence-electron chi connectivity index (χ3n) is 1.81. The summed E-state index contributed by atoms with van der Waals surface area (Å²) in [5.41, 5.74) is 0. The van der Waals surface area contributed by atoms with E-state index in [-0.39, 0.29) is 5.92 Å². The van der Waals surface area contributed by atoms with Gasteiger partial charge in [-0.2, -0.15) is 0 Å². The van der Waals surface area contributed by atoms with Gasteiger partial charge in [-0.05, 0) is 12.8 Å². The van der Waals surface area contributed by atoms with E-state index in [0.717, 1.165) is 19.3 Å². The number of hydrogen-bond acceptors (Lipinski definition) is 1. The second-order valence-corrected chi connectivity index (χ2v) is 5.30. The lowest BCUT2D eigenvalue weighted by molar-refractivity contribution is 0.0975. The third kappa shape index (κ3) is 6.84. The molecular formula is C9H16Cl3O. The number of unbranched alkanes of at least 4 members (excludes halogenated alkanes) is 1. The fourth-order valence-electron chi connectivity index (χ4n) is 0.874. The van der Waals surface area contributed by atoms with E-state index in [1.807, 2.05) is 6.92 Å². The predicted octanol–water partition coefficient (Wildman–Crippen LogP) is 4.01. The lowest BCUT2D eigenvalue weighted by Gasteiger charge is -2.22. The quantitative estimate of drug-likeness (QED) is 0.508. The van der Waals surface area contributed by atoms with Gasteiger partial charge in [0, 0.05) is 12.5 Å². The van der Waals surface area contributed by atoms with Gasteiger partial charge in [-0.1, -0.05) is 55.1 Å². The lowest BCUT2D eigenvalue weighted by Crippen LogP contribution is -2.24. The minimum atomic E-state index is -1.21. The van der Waals surface area contributed by atoms with Crippen LogP contribution >= 0.6 is 34.8 Å². The summed E-state index contributed by atoms with van der Waals surface area (Å²) in [4.78, 5) is 0. The highest BCUT2D eigenvalue weighted by molar-refractivity contribution is 6.67. The summed E-state index contributed by atoms with van der Waals surface area (Å²) in [6, 6.07) is 0. The van der Waals surface area contributed by atoms with Gasteiger partial charge in [0.15, 0.2) is 3.79 Å². The van der Waals surface area contributed by atoms with Crippen LogP contribution < -0.4 is 0 Å². The monoisotopic (exact) mass is 245 g/mol. The Labute approximate surface area is 95.7 Å². The number of halogens is 3. The fraction of sp³-hybridized carbons (Fsp3) is 0.889. The number of rotatable bonds is 6. The summed E-state index contributed by atoms with van der Waals surface area (Å²) >= 11 is 17.3. The van der Waals surface area contributed by atoms with Gasteiger partial charge in [-0.3, -0.25) is 0 Å². The minimum Gasteiger partial charge on any atom is -0.381 e. The van der Waals surface area contributed by atoms with E-state index >= 15 is 0 Å². The molecule has 1 unspecified atom stereocenters. The number of hydrogen-bond donors (Lipinski definition) is 0. The molecule has 0 aliphatic rings. The van der Waals surface area contributed by atoms with Gasteiger partial charge in [0.25, 0.3) is 0 Å². The maximum atomic E-state index is 5.75. The summed E-state index contributed by atoms with van der Waals surface area (Å²) in [7, 11) is 0. The molecule has 0 aromatic rings. The summed E-state index contributed by atoms with van der Waals surface area (Å²) in [6.07, 6.45) is 2.64. The topological polar surface area (TPSA) is 9.23 Å². The van der Waals surface area contributed by atoms with Gasteiger partial charge in [0.05, 0.1) is 6.61 Å². The first-order valence-corrected chi connectivity index (χ1v) is 5.59. The van der Waals surface area contributed by atoms with Crippen LogP contribution in [0.3, 0.4) is 0 Å². The van der Waals surface area contributed by atoms with Crippen LogP contribution in [0.2, 0.25) is 0 Å². The van der Waals surface area contributed by atoms with Crippen LogP contribution in [-0.2, 0) is 4.74 Å². The molecule has 1 nitrogen and oxygen atoms in total. The van der Waals surface area contributed by atoms with Gasteiger partial charge in [0.2, 0.25) is 0 Å². The van der Waals surface area contributed by atoms with E-state index < -0.39 is 3.79 Å². The minimum absolute atomic E-state index is 0.0256. The van der Waals surface area contributed by atoms with Crippen molar-refractivity contribution in [2.45, 2.75) is 30.0 Å². The van der Waals surface area contributed by atoms with Crippen LogP contribution in [0.5, 0.6) is 0 Å². The molecule has 0 spiro atoms. The average Bonchev–Trinajstić information content (AvgIpc) is 2.02. The van der Waals surface area contributed by atoms with Gasteiger partial charge in [-0.25, -0.2) is 0 Å². The molecule has 0 rings (SSSR count). The zero-order valence-electron chi connectivity index (χ0n) is 7.86. The summed E-state index contributed by atoms with van der Waals surface area (Å²) < 4.78 is 4.15. The van der Waals surface area contributed by atoms with Crippen molar-refractivity contribution < 1.29 is 4.74 Å². The van der Waals surface area contributed by atoms with Crippen LogP contribution in [0.4, 0.5) is 0 Å². The predicted molar refractivity (Wildman–Crippen MR) is 59.5 cm³/mol. The Hall–Kier alpha value is 0.830. The van der Waals surface area contributed by atoms with E-state index in [2.05, 4.69) is 6.92 Å². The van der Waals surface area contributed by atoms with Crippen LogP contribution in [0.1, 0.15) is 26.2 Å². The van der Waals surface area contributed by atoms with Crippen LogP contribution in [0.25, 0.3) is 0 Å². The molecule has 0 fully saturated rings. The highest BCUT2D eigenvalue weighted by Crippen LogP contribution is 2.36. The Morgan fingerprint density at radius 2 is 2.00 bits per heavy atom. The first-order valence-electron chi connectivity index (χ1n) is 4.46. The molecule has 0 saturated carbocycles. The molecule has 1 atom stereocenters. The zero-order valence-corrected chi connectivity index (χ0v) is 10.1. The summed E-state index contributed by atoms with van der Waals surface area (Å²) in [5, 5.41) is 0. The Morgan fingerprint density at radius 1 is 1.38 bits per heavy atom. The highest BCUT2D eigenvalue weighted by Gasteiger charge is 2.30. The van der Waals surface area contributed by atoms with E-state index in [1.165, 1.54) is 0 Å². The van der Waals surface area contributed by atoms with Gasteiger partial charge >= 0.3 is 0 Å². The van der Waals surface area contributed by atoms with E-state index in [1.54, 1.807) is 0 Å². The van der Waals surface area contributed by atoms with Crippen molar-refractivity contribution in [3.63, 3.8) is 0 Å². The lowest BCUT2D eigenvalue weighted by atomic mass is 10.1. The second kappa shape index (κ2) is 7.17. The molecule has 0 bridgehead atoms. The van der Waals surface area contributed by atoms with Gasteiger partial charge in [0.1, 0.15) is 0 Å². The largest absolute Gasteiger partial charge is 0.381 e. The highest BCUT2D eigenvalue weighted by atomic mass is 35.6. The molecule has 0 amide bonds. The Balaban J connectivity index is 3.61. The number of ether oxygens (including phenoxy) is 1. The Bertz CT molecular complexity index is 123. The molecule has 13 heavy (non-hydrogen) atoms. The van der Waals surface area contributed by atoms with Crippen molar-refractivity contribution in [1.82, 2.24) is 0 Å². The smallest absolute Gasteiger partial charge is 0.195 e. The van der Waals surface area contributed by atoms with Crippen molar-refractivity contribution in [3.05, 3.63) is 6.92 Å². The van der Waals surface area contributed by atoms with Gasteiger partial charge < -0.3 is 4.74 Å². The Kier molecular flexibility index (Phi) is 7.62. The first kappa shape index (κ1) is 13.8. The molecule has 0 aliphatic carbocycles. The third-order valence-corrected chi connectivity index (χ3v) is 2.74. The molecule has 0 aromatic heterocycles. The summed E-state index contributed by atoms with van der Waals surface area (Å²) in [6.45, 7) is 6.90. The van der Waals surface area contributed by atoms with E-state index in [4.69, 9.17) is 39.5 Å². The molecule has 0 heterocycles. The van der Waals surface area contributed by atoms with Crippen molar-refractivity contribution in [2.24, 2.45) is 5.92 Å².